The zero-order valence-electron chi connectivity index (χ0n) is 8.97. The minimum absolute atomic E-state index is 0.399. The Labute approximate surface area is 102 Å². The van der Waals surface area contributed by atoms with E-state index in [4.69, 9.17) is 0 Å². The summed E-state index contributed by atoms with van der Waals surface area (Å²) in [5, 5.41) is 11.1. The Hall–Kier alpha value is -1.68. The molecule has 1 atom stereocenters. The number of rotatable bonds is 4. The van der Waals surface area contributed by atoms with E-state index in [-0.39, 0.29) is 0 Å². The van der Waals surface area contributed by atoms with Crippen LogP contribution >= 0.6 is 11.3 Å². The molecule has 17 heavy (non-hydrogen) atoms. The van der Waals surface area contributed by atoms with Crippen molar-refractivity contribution in [1.82, 2.24) is 0 Å². The van der Waals surface area contributed by atoms with E-state index in [0.29, 0.717) is 12.0 Å². The minimum atomic E-state index is -0.927. The number of carbonyl (C=O) groups is 1. The average Bonchev–Trinajstić information content (AvgIpc) is 2.78. The molecule has 0 aliphatic carbocycles. The number of hydrogen-bond acceptors (Lipinski definition) is 2. The maximum absolute atomic E-state index is 13.1. The van der Waals surface area contributed by atoms with Crippen molar-refractivity contribution in [1.29, 1.82) is 0 Å². The van der Waals surface area contributed by atoms with Crippen LogP contribution in [0.1, 0.15) is 16.4 Å². The van der Waals surface area contributed by atoms with Crippen molar-refractivity contribution in [3.8, 4) is 0 Å². The van der Waals surface area contributed by atoms with Crippen LogP contribution in [0.3, 0.4) is 0 Å². The fourth-order valence-corrected chi connectivity index (χ4v) is 2.45. The molecule has 2 nitrogen and oxygen atoms in total. The summed E-state index contributed by atoms with van der Waals surface area (Å²) in [4.78, 5) is 12.2. The van der Waals surface area contributed by atoms with Gasteiger partial charge in [-0.1, -0.05) is 18.2 Å². The van der Waals surface area contributed by atoms with Crippen LogP contribution in [0, 0.1) is 5.82 Å². The smallest absolute Gasteiger partial charge is 0.311 e. The van der Waals surface area contributed by atoms with Gasteiger partial charge in [0.15, 0.2) is 0 Å². The van der Waals surface area contributed by atoms with E-state index in [1.807, 2.05) is 17.5 Å². The van der Waals surface area contributed by atoms with Gasteiger partial charge in [-0.15, -0.1) is 11.3 Å². The second-order valence-corrected chi connectivity index (χ2v) is 4.76. The fourth-order valence-electron chi connectivity index (χ4n) is 1.70. The lowest BCUT2D eigenvalue weighted by Gasteiger charge is -2.11. The summed E-state index contributed by atoms with van der Waals surface area (Å²) < 4.78 is 13.1. The van der Waals surface area contributed by atoms with Crippen molar-refractivity contribution < 1.29 is 14.3 Å². The monoisotopic (exact) mass is 250 g/mol. The molecular formula is C13H11FO2S. The highest BCUT2D eigenvalue weighted by Crippen LogP contribution is 2.24. The largest absolute Gasteiger partial charge is 0.481 e. The number of benzene rings is 1. The third-order valence-corrected chi connectivity index (χ3v) is 3.43. The van der Waals surface area contributed by atoms with Gasteiger partial charge in [-0.25, -0.2) is 4.39 Å². The van der Waals surface area contributed by atoms with Crippen LogP contribution in [-0.4, -0.2) is 11.1 Å². The zero-order valence-corrected chi connectivity index (χ0v) is 9.78. The molecule has 1 N–H and O–H groups in total. The van der Waals surface area contributed by atoms with Gasteiger partial charge < -0.3 is 5.11 Å². The van der Waals surface area contributed by atoms with Gasteiger partial charge in [0.25, 0.3) is 0 Å². The standard InChI is InChI=1S/C13H11FO2S/c14-10-4-1-3-9(7-10)12(13(15)16)8-11-5-2-6-17-11/h1-7,12H,8H2,(H,15,16). The molecule has 4 heteroatoms. The Kier molecular flexibility index (Phi) is 3.54. The van der Waals surface area contributed by atoms with Crippen LogP contribution < -0.4 is 0 Å². The summed E-state index contributed by atoms with van der Waals surface area (Å²) in [6, 6.07) is 9.55. The summed E-state index contributed by atoms with van der Waals surface area (Å²) in [6.45, 7) is 0. The lowest BCUT2D eigenvalue weighted by atomic mass is 9.95. The molecule has 2 aromatic rings. The fraction of sp³-hybridized carbons (Fsp3) is 0.154. The van der Waals surface area contributed by atoms with E-state index in [1.54, 1.807) is 6.07 Å². The second kappa shape index (κ2) is 5.10. The van der Waals surface area contributed by atoms with Crippen LogP contribution in [0.4, 0.5) is 4.39 Å². The first kappa shape index (κ1) is 11.8. The van der Waals surface area contributed by atoms with Crippen molar-refractivity contribution in [3.63, 3.8) is 0 Å². The van der Waals surface area contributed by atoms with Crippen molar-refractivity contribution in [3.05, 3.63) is 58.0 Å². The molecule has 0 aliphatic rings. The number of carboxylic acids is 1. The van der Waals surface area contributed by atoms with Crippen molar-refractivity contribution in [2.24, 2.45) is 0 Å². The Morgan fingerprint density at radius 3 is 2.76 bits per heavy atom. The molecule has 0 spiro atoms. The molecule has 1 heterocycles. The van der Waals surface area contributed by atoms with Gasteiger partial charge in [0, 0.05) is 4.88 Å². The highest BCUT2D eigenvalue weighted by molar-refractivity contribution is 7.09. The lowest BCUT2D eigenvalue weighted by Crippen LogP contribution is -2.14. The maximum atomic E-state index is 13.1. The van der Waals surface area contributed by atoms with Gasteiger partial charge in [0.2, 0.25) is 0 Å². The predicted octanol–water partition coefficient (Wildman–Crippen LogP) is 3.30. The summed E-state index contributed by atoms with van der Waals surface area (Å²) >= 11 is 1.51. The summed E-state index contributed by atoms with van der Waals surface area (Å²) in [6.07, 6.45) is 0.399. The molecule has 0 fully saturated rings. The number of hydrogen-bond donors (Lipinski definition) is 1. The first-order valence-electron chi connectivity index (χ1n) is 5.17. The Morgan fingerprint density at radius 1 is 1.35 bits per heavy atom. The third kappa shape index (κ3) is 2.91. The van der Waals surface area contributed by atoms with Gasteiger partial charge in [-0.05, 0) is 35.6 Å². The summed E-state index contributed by atoms with van der Waals surface area (Å²) in [7, 11) is 0. The molecule has 0 bridgehead atoms. The zero-order chi connectivity index (χ0) is 12.3. The minimum Gasteiger partial charge on any atom is -0.481 e. The highest BCUT2D eigenvalue weighted by atomic mass is 32.1. The van der Waals surface area contributed by atoms with Crippen molar-refractivity contribution in [2.45, 2.75) is 12.3 Å². The second-order valence-electron chi connectivity index (χ2n) is 3.73. The molecule has 0 radical (unpaired) electrons. The molecule has 0 saturated carbocycles. The van der Waals surface area contributed by atoms with Crippen LogP contribution in [-0.2, 0) is 11.2 Å². The van der Waals surface area contributed by atoms with Crippen LogP contribution in [0.5, 0.6) is 0 Å². The number of thiophene rings is 1. The molecule has 0 amide bonds. The maximum Gasteiger partial charge on any atom is 0.311 e. The van der Waals surface area contributed by atoms with E-state index >= 15 is 0 Å². The van der Waals surface area contributed by atoms with Gasteiger partial charge in [-0.2, -0.15) is 0 Å². The summed E-state index contributed by atoms with van der Waals surface area (Å²) in [5.74, 6) is -2.02. The number of aliphatic carboxylic acids is 1. The molecule has 0 aliphatic heterocycles. The van der Waals surface area contributed by atoms with Gasteiger partial charge in [-0.3, -0.25) is 4.79 Å². The first-order chi connectivity index (χ1) is 8.16. The van der Waals surface area contributed by atoms with E-state index in [1.165, 1.54) is 29.5 Å². The Bertz CT molecular complexity index is 508. The lowest BCUT2D eigenvalue weighted by molar-refractivity contribution is -0.138. The molecule has 0 saturated heterocycles. The van der Waals surface area contributed by atoms with Gasteiger partial charge >= 0.3 is 5.97 Å². The number of halogens is 1. The number of carboxylic acid groups (broad SMARTS) is 1. The Morgan fingerprint density at radius 2 is 2.18 bits per heavy atom. The van der Waals surface area contributed by atoms with Crippen LogP contribution in [0.2, 0.25) is 0 Å². The van der Waals surface area contributed by atoms with Crippen molar-refractivity contribution in [2.75, 3.05) is 0 Å². The molecule has 88 valence electrons. The van der Waals surface area contributed by atoms with E-state index in [0.717, 1.165) is 4.88 Å². The molecular weight excluding hydrogens is 239 g/mol. The molecule has 1 aromatic heterocycles. The average molecular weight is 250 g/mol. The SMILES string of the molecule is O=C(O)C(Cc1cccs1)c1cccc(F)c1. The van der Waals surface area contributed by atoms with Crippen LogP contribution in [0.15, 0.2) is 41.8 Å². The normalized spacial score (nSPS) is 12.3. The van der Waals surface area contributed by atoms with Gasteiger partial charge in [0.05, 0.1) is 5.92 Å². The Balaban J connectivity index is 2.26. The quantitative estimate of drug-likeness (QED) is 0.904. The topological polar surface area (TPSA) is 37.3 Å². The van der Waals surface area contributed by atoms with Gasteiger partial charge in [0.1, 0.15) is 5.82 Å². The molecule has 1 unspecified atom stereocenters. The third-order valence-electron chi connectivity index (χ3n) is 2.53. The van der Waals surface area contributed by atoms with E-state index < -0.39 is 17.7 Å². The highest BCUT2D eigenvalue weighted by Gasteiger charge is 2.21. The first-order valence-corrected chi connectivity index (χ1v) is 6.05. The molecule has 1 aromatic carbocycles. The molecule has 2 rings (SSSR count). The predicted molar refractivity (Wildman–Crippen MR) is 64.8 cm³/mol. The summed E-state index contributed by atoms with van der Waals surface area (Å²) in [5.41, 5.74) is 0.505. The van der Waals surface area contributed by atoms with Crippen LogP contribution in [0.25, 0.3) is 0 Å². The van der Waals surface area contributed by atoms with E-state index in [2.05, 4.69) is 0 Å². The van der Waals surface area contributed by atoms with Crippen molar-refractivity contribution >= 4 is 17.3 Å². The van der Waals surface area contributed by atoms with E-state index in [9.17, 15) is 14.3 Å².